The van der Waals surface area contributed by atoms with E-state index in [2.05, 4.69) is 0 Å². The van der Waals surface area contributed by atoms with E-state index in [0.29, 0.717) is 11.3 Å². The lowest BCUT2D eigenvalue weighted by atomic mass is 10.1. The summed E-state index contributed by atoms with van der Waals surface area (Å²) < 4.78 is 19.0. The number of rotatable bonds is 3. The van der Waals surface area contributed by atoms with Crippen molar-refractivity contribution in [3.05, 3.63) is 71.0 Å². The van der Waals surface area contributed by atoms with Crippen LogP contribution in [0.1, 0.15) is 5.56 Å². The van der Waals surface area contributed by atoms with E-state index in [1.165, 1.54) is 6.07 Å². The van der Waals surface area contributed by atoms with Crippen LogP contribution in [0, 0.1) is 5.82 Å². The van der Waals surface area contributed by atoms with Crippen molar-refractivity contribution in [2.24, 2.45) is 0 Å². The largest absolute Gasteiger partial charge is 0.508 e. The van der Waals surface area contributed by atoms with Crippen LogP contribution >= 0.6 is 11.6 Å². The maximum Gasteiger partial charge on any atom is 0.142 e. The van der Waals surface area contributed by atoms with Gasteiger partial charge in [0.05, 0.1) is 5.02 Å². The van der Waals surface area contributed by atoms with Gasteiger partial charge in [-0.1, -0.05) is 35.9 Å². The molecule has 3 rings (SSSR count). The van der Waals surface area contributed by atoms with E-state index in [1.807, 2.05) is 24.3 Å². The third-order valence-electron chi connectivity index (χ3n) is 3.22. The normalized spacial score (nSPS) is 10.8. The van der Waals surface area contributed by atoms with E-state index in [-0.39, 0.29) is 17.4 Å². The number of hydrogen-bond acceptors (Lipinski definition) is 2. The number of aromatic hydroxyl groups is 1. The summed E-state index contributed by atoms with van der Waals surface area (Å²) in [5.74, 6) is 0.377. The van der Waals surface area contributed by atoms with E-state index < -0.39 is 5.82 Å². The van der Waals surface area contributed by atoms with Crippen molar-refractivity contribution in [2.75, 3.05) is 0 Å². The lowest BCUT2D eigenvalue weighted by Crippen LogP contribution is -1.97. The molecule has 0 aromatic heterocycles. The minimum Gasteiger partial charge on any atom is -0.508 e. The molecule has 21 heavy (non-hydrogen) atoms. The molecule has 0 bridgehead atoms. The average Bonchev–Trinajstić information content (AvgIpc) is 2.48. The van der Waals surface area contributed by atoms with Crippen molar-refractivity contribution in [1.82, 2.24) is 0 Å². The molecule has 0 amide bonds. The minimum atomic E-state index is -0.457. The maximum absolute atomic E-state index is 13.3. The summed E-state index contributed by atoms with van der Waals surface area (Å²) in [5, 5.41) is 11.5. The van der Waals surface area contributed by atoms with Gasteiger partial charge in [0, 0.05) is 5.56 Å². The monoisotopic (exact) mass is 302 g/mol. The minimum absolute atomic E-state index is 0.0796. The van der Waals surface area contributed by atoms with Crippen molar-refractivity contribution in [3.8, 4) is 11.5 Å². The molecule has 0 aliphatic rings. The molecule has 0 saturated carbocycles. The number of hydrogen-bond donors (Lipinski definition) is 1. The second kappa shape index (κ2) is 5.62. The predicted molar refractivity (Wildman–Crippen MR) is 81.4 cm³/mol. The fourth-order valence-electron chi connectivity index (χ4n) is 2.12. The third kappa shape index (κ3) is 2.93. The highest BCUT2D eigenvalue weighted by atomic mass is 35.5. The van der Waals surface area contributed by atoms with Crippen LogP contribution in [0.5, 0.6) is 11.5 Å². The summed E-state index contributed by atoms with van der Waals surface area (Å²) in [4.78, 5) is 0. The van der Waals surface area contributed by atoms with Gasteiger partial charge in [0.1, 0.15) is 23.9 Å². The standard InChI is InChI=1S/C17H12ClFO2/c18-17-12(2-1-3-16(17)19)10-21-15-7-5-11-4-6-14(20)8-13(11)9-15/h1-9,20H,10H2. The Morgan fingerprint density at radius 3 is 2.67 bits per heavy atom. The van der Waals surface area contributed by atoms with Gasteiger partial charge in [-0.3, -0.25) is 0 Å². The molecule has 0 fully saturated rings. The van der Waals surface area contributed by atoms with Crippen molar-refractivity contribution in [3.63, 3.8) is 0 Å². The second-order valence-electron chi connectivity index (χ2n) is 4.69. The Kier molecular flexibility index (Phi) is 3.67. The Bertz CT molecular complexity index is 802. The molecule has 0 aliphatic carbocycles. The van der Waals surface area contributed by atoms with Crippen molar-refractivity contribution < 1.29 is 14.2 Å². The van der Waals surface area contributed by atoms with Crippen molar-refractivity contribution in [2.45, 2.75) is 6.61 Å². The molecule has 4 heteroatoms. The van der Waals surface area contributed by atoms with Gasteiger partial charge in [-0.05, 0) is 41.1 Å². The molecule has 0 saturated heterocycles. The van der Waals surface area contributed by atoms with Crippen LogP contribution < -0.4 is 4.74 Å². The molecule has 0 spiro atoms. The Labute approximate surface area is 126 Å². The molecule has 2 nitrogen and oxygen atoms in total. The van der Waals surface area contributed by atoms with Crippen LogP contribution in [0.3, 0.4) is 0 Å². The highest BCUT2D eigenvalue weighted by Gasteiger charge is 2.06. The Morgan fingerprint density at radius 1 is 1.00 bits per heavy atom. The molecule has 0 radical (unpaired) electrons. The van der Waals surface area contributed by atoms with E-state index in [4.69, 9.17) is 16.3 Å². The van der Waals surface area contributed by atoms with Crippen LogP contribution in [0.2, 0.25) is 5.02 Å². The number of benzene rings is 3. The van der Waals surface area contributed by atoms with Crippen LogP contribution in [-0.4, -0.2) is 5.11 Å². The van der Waals surface area contributed by atoms with E-state index >= 15 is 0 Å². The smallest absolute Gasteiger partial charge is 0.142 e. The number of phenols is 1. The summed E-state index contributed by atoms with van der Waals surface area (Å²) in [6.07, 6.45) is 0. The van der Waals surface area contributed by atoms with Crippen LogP contribution in [-0.2, 0) is 6.61 Å². The molecule has 0 heterocycles. The highest BCUT2D eigenvalue weighted by molar-refractivity contribution is 6.31. The van der Waals surface area contributed by atoms with Gasteiger partial charge >= 0.3 is 0 Å². The predicted octanol–water partition coefficient (Wildman–Crippen LogP) is 4.92. The number of halogens is 2. The first-order chi connectivity index (χ1) is 10.1. The number of fused-ring (bicyclic) bond motifs is 1. The fourth-order valence-corrected chi connectivity index (χ4v) is 2.30. The Morgan fingerprint density at radius 2 is 1.81 bits per heavy atom. The fraction of sp³-hybridized carbons (Fsp3) is 0.0588. The first-order valence-electron chi connectivity index (χ1n) is 6.42. The van der Waals surface area contributed by atoms with Gasteiger partial charge in [-0.2, -0.15) is 0 Å². The summed E-state index contributed by atoms with van der Waals surface area (Å²) in [6, 6.07) is 15.3. The average molecular weight is 303 g/mol. The van der Waals surface area contributed by atoms with Gasteiger partial charge in [-0.25, -0.2) is 4.39 Å². The molecule has 0 unspecified atom stereocenters. The second-order valence-corrected chi connectivity index (χ2v) is 5.07. The van der Waals surface area contributed by atoms with Gasteiger partial charge in [-0.15, -0.1) is 0 Å². The van der Waals surface area contributed by atoms with E-state index in [1.54, 1.807) is 24.3 Å². The van der Waals surface area contributed by atoms with Crippen LogP contribution in [0.15, 0.2) is 54.6 Å². The molecule has 106 valence electrons. The molecule has 0 aliphatic heterocycles. The van der Waals surface area contributed by atoms with E-state index in [0.717, 1.165) is 10.8 Å². The number of phenolic OH excluding ortho intramolecular Hbond substituents is 1. The Balaban J connectivity index is 1.83. The summed E-state index contributed by atoms with van der Waals surface area (Å²) in [5.41, 5.74) is 0.590. The highest BCUT2D eigenvalue weighted by Crippen LogP contribution is 2.26. The summed E-state index contributed by atoms with van der Waals surface area (Å²) in [6.45, 7) is 0.181. The zero-order chi connectivity index (χ0) is 14.8. The third-order valence-corrected chi connectivity index (χ3v) is 3.64. The van der Waals surface area contributed by atoms with Gasteiger partial charge in [0.2, 0.25) is 0 Å². The van der Waals surface area contributed by atoms with Gasteiger partial charge < -0.3 is 9.84 Å². The molecular formula is C17H12ClFO2. The molecule has 1 N–H and O–H groups in total. The van der Waals surface area contributed by atoms with E-state index in [9.17, 15) is 9.50 Å². The topological polar surface area (TPSA) is 29.5 Å². The lowest BCUT2D eigenvalue weighted by Gasteiger charge is -2.09. The number of ether oxygens (including phenoxy) is 1. The van der Waals surface area contributed by atoms with Gasteiger partial charge in [0.15, 0.2) is 0 Å². The Hall–Kier alpha value is -2.26. The summed E-state index contributed by atoms with van der Waals surface area (Å²) in [7, 11) is 0. The molecular weight excluding hydrogens is 291 g/mol. The van der Waals surface area contributed by atoms with Crippen LogP contribution in [0.4, 0.5) is 4.39 Å². The molecule has 0 atom stereocenters. The first-order valence-corrected chi connectivity index (χ1v) is 6.80. The SMILES string of the molecule is Oc1ccc2ccc(OCc3cccc(F)c3Cl)cc2c1. The zero-order valence-corrected chi connectivity index (χ0v) is 11.8. The van der Waals surface area contributed by atoms with Crippen molar-refractivity contribution in [1.29, 1.82) is 0 Å². The maximum atomic E-state index is 13.3. The summed E-state index contributed by atoms with van der Waals surface area (Å²) >= 11 is 5.89. The first kappa shape index (κ1) is 13.7. The lowest BCUT2D eigenvalue weighted by molar-refractivity contribution is 0.306. The molecule has 3 aromatic carbocycles. The zero-order valence-electron chi connectivity index (χ0n) is 11.0. The molecule has 3 aromatic rings. The van der Waals surface area contributed by atoms with Gasteiger partial charge in [0.25, 0.3) is 0 Å². The van der Waals surface area contributed by atoms with Crippen molar-refractivity contribution >= 4 is 22.4 Å². The van der Waals surface area contributed by atoms with Crippen LogP contribution in [0.25, 0.3) is 10.8 Å². The quantitative estimate of drug-likeness (QED) is 0.744.